The smallest absolute Gasteiger partial charge is 0.164 e. The van der Waals surface area contributed by atoms with Crippen molar-refractivity contribution in [2.75, 3.05) is 6.61 Å². The topological polar surface area (TPSA) is 26.3 Å². The Balaban J connectivity index is 2.57. The van der Waals surface area contributed by atoms with Gasteiger partial charge in [0.05, 0.1) is 0 Å². The van der Waals surface area contributed by atoms with Gasteiger partial charge >= 0.3 is 0 Å². The first-order valence-corrected chi connectivity index (χ1v) is 6.73. The van der Waals surface area contributed by atoms with Gasteiger partial charge in [0.15, 0.2) is 5.78 Å². The number of ether oxygens (including phenoxy) is 1. The van der Waals surface area contributed by atoms with Gasteiger partial charge in [0.2, 0.25) is 0 Å². The molecule has 1 fully saturated rings. The van der Waals surface area contributed by atoms with Gasteiger partial charge in [0.25, 0.3) is 0 Å². The number of ketones is 1. The van der Waals surface area contributed by atoms with Gasteiger partial charge in [-0.2, -0.15) is 0 Å². The molecular formula is C14H26O2. The molecule has 3 atom stereocenters. The minimum absolute atomic E-state index is 0.160. The molecule has 0 aromatic heterocycles. The zero-order valence-electron chi connectivity index (χ0n) is 11.2. The van der Waals surface area contributed by atoms with Crippen LogP contribution in [0.25, 0.3) is 0 Å². The number of carbonyl (C=O) groups excluding carboxylic acids is 1. The normalized spacial score (nSPS) is 32.4. The molecule has 0 amide bonds. The van der Waals surface area contributed by atoms with Crippen LogP contribution in [0.1, 0.15) is 53.4 Å². The second-order valence-corrected chi connectivity index (χ2v) is 5.37. The van der Waals surface area contributed by atoms with E-state index in [0.717, 1.165) is 19.3 Å². The van der Waals surface area contributed by atoms with E-state index in [1.54, 1.807) is 0 Å². The van der Waals surface area contributed by atoms with E-state index in [4.69, 9.17) is 4.74 Å². The number of hydrogen-bond acceptors (Lipinski definition) is 2. The average molecular weight is 226 g/mol. The first-order valence-electron chi connectivity index (χ1n) is 6.73. The molecule has 0 spiro atoms. The lowest BCUT2D eigenvalue weighted by Gasteiger charge is -2.32. The van der Waals surface area contributed by atoms with E-state index < -0.39 is 0 Å². The fourth-order valence-electron chi connectivity index (χ4n) is 3.04. The van der Waals surface area contributed by atoms with Crippen molar-refractivity contribution in [1.29, 1.82) is 0 Å². The van der Waals surface area contributed by atoms with Gasteiger partial charge in [0.1, 0.15) is 6.10 Å². The lowest BCUT2D eigenvalue weighted by atomic mass is 9.74. The molecule has 1 saturated carbocycles. The third kappa shape index (κ3) is 3.58. The second-order valence-electron chi connectivity index (χ2n) is 5.37. The Labute approximate surface area is 99.8 Å². The molecular weight excluding hydrogens is 200 g/mol. The van der Waals surface area contributed by atoms with Gasteiger partial charge in [-0.25, -0.2) is 0 Å². The molecule has 1 aliphatic carbocycles. The Morgan fingerprint density at radius 2 is 1.75 bits per heavy atom. The fraction of sp³-hybridized carbons (Fsp3) is 0.929. The van der Waals surface area contributed by atoms with Crippen LogP contribution in [0, 0.1) is 17.8 Å². The van der Waals surface area contributed by atoms with E-state index >= 15 is 0 Å². The minimum atomic E-state index is -0.160. The van der Waals surface area contributed by atoms with Crippen LogP contribution in [-0.2, 0) is 9.53 Å². The average Bonchev–Trinajstić information content (AvgIpc) is 2.23. The molecule has 0 saturated heterocycles. The molecule has 0 N–H and O–H groups in total. The van der Waals surface area contributed by atoms with Crippen LogP contribution in [-0.4, -0.2) is 18.5 Å². The highest BCUT2D eigenvalue weighted by molar-refractivity contribution is 5.85. The summed E-state index contributed by atoms with van der Waals surface area (Å²) in [6, 6.07) is 0. The van der Waals surface area contributed by atoms with E-state index in [1.807, 2.05) is 13.8 Å². The molecule has 0 aromatic rings. The summed E-state index contributed by atoms with van der Waals surface area (Å²) in [5, 5.41) is 0. The van der Waals surface area contributed by atoms with Crippen LogP contribution in [0.3, 0.4) is 0 Å². The molecule has 2 heteroatoms. The summed E-state index contributed by atoms with van der Waals surface area (Å²) in [6.07, 6.45) is 4.05. The van der Waals surface area contributed by atoms with E-state index in [9.17, 15) is 4.79 Å². The Morgan fingerprint density at radius 1 is 1.19 bits per heavy atom. The van der Waals surface area contributed by atoms with Crippen molar-refractivity contribution < 1.29 is 9.53 Å². The second kappa shape index (κ2) is 6.39. The standard InChI is InChI=1S/C14H26O2/c1-5-13(16-6-2)14(15)12-8-10(3)7-11(4)9-12/h10-13H,5-9H2,1-4H3. The highest BCUT2D eigenvalue weighted by Crippen LogP contribution is 2.34. The van der Waals surface area contributed by atoms with Crippen LogP contribution in [0.2, 0.25) is 0 Å². The fourth-order valence-corrected chi connectivity index (χ4v) is 3.04. The van der Waals surface area contributed by atoms with Gasteiger partial charge in [-0.3, -0.25) is 4.79 Å². The Kier molecular flexibility index (Phi) is 5.47. The van der Waals surface area contributed by atoms with E-state index in [-0.39, 0.29) is 12.0 Å². The van der Waals surface area contributed by atoms with Crippen LogP contribution in [0.5, 0.6) is 0 Å². The third-order valence-corrected chi connectivity index (χ3v) is 3.64. The van der Waals surface area contributed by atoms with E-state index in [2.05, 4.69) is 13.8 Å². The molecule has 0 heterocycles. The highest BCUT2D eigenvalue weighted by Gasteiger charge is 2.32. The minimum Gasteiger partial charge on any atom is -0.371 e. The lowest BCUT2D eigenvalue weighted by Crippen LogP contribution is -2.34. The Hall–Kier alpha value is -0.370. The van der Waals surface area contributed by atoms with Crippen LogP contribution in [0.15, 0.2) is 0 Å². The number of Topliss-reactive ketones (excluding diaryl/α,β-unsaturated/α-hetero) is 1. The molecule has 16 heavy (non-hydrogen) atoms. The predicted octanol–water partition coefficient (Wildman–Crippen LogP) is 3.44. The monoisotopic (exact) mass is 226 g/mol. The van der Waals surface area contributed by atoms with Gasteiger partial charge < -0.3 is 4.74 Å². The quantitative estimate of drug-likeness (QED) is 0.717. The van der Waals surface area contributed by atoms with Crippen molar-refractivity contribution in [1.82, 2.24) is 0 Å². The number of hydrogen-bond donors (Lipinski definition) is 0. The summed E-state index contributed by atoms with van der Waals surface area (Å²) in [6.45, 7) is 9.16. The molecule has 1 aliphatic rings. The predicted molar refractivity (Wildman–Crippen MR) is 66.4 cm³/mol. The molecule has 1 rings (SSSR count). The SMILES string of the molecule is CCOC(CC)C(=O)C1CC(C)CC(C)C1. The molecule has 94 valence electrons. The maximum atomic E-state index is 12.3. The van der Waals surface area contributed by atoms with Gasteiger partial charge in [0, 0.05) is 12.5 Å². The summed E-state index contributed by atoms with van der Waals surface area (Å²) in [7, 11) is 0. The molecule has 0 aliphatic heterocycles. The maximum Gasteiger partial charge on any atom is 0.164 e. The lowest BCUT2D eigenvalue weighted by molar-refractivity contribution is -0.136. The van der Waals surface area contributed by atoms with Crippen molar-refractivity contribution in [2.24, 2.45) is 17.8 Å². The van der Waals surface area contributed by atoms with E-state index in [0.29, 0.717) is 24.2 Å². The molecule has 0 bridgehead atoms. The number of carbonyl (C=O) groups is 1. The van der Waals surface area contributed by atoms with E-state index in [1.165, 1.54) is 6.42 Å². The van der Waals surface area contributed by atoms with Crippen molar-refractivity contribution in [3.63, 3.8) is 0 Å². The van der Waals surface area contributed by atoms with Gasteiger partial charge in [-0.15, -0.1) is 0 Å². The summed E-state index contributed by atoms with van der Waals surface area (Å²) < 4.78 is 5.53. The van der Waals surface area contributed by atoms with Crippen LogP contribution in [0.4, 0.5) is 0 Å². The molecule has 0 radical (unpaired) electrons. The highest BCUT2D eigenvalue weighted by atomic mass is 16.5. The zero-order chi connectivity index (χ0) is 12.1. The zero-order valence-corrected chi connectivity index (χ0v) is 11.2. The molecule has 2 nitrogen and oxygen atoms in total. The first kappa shape index (κ1) is 13.7. The van der Waals surface area contributed by atoms with Gasteiger partial charge in [-0.1, -0.05) is 20.8 Å². The van der Waals surface area contributed by atoms with Gasteiger partial charge in [-0.05, 0) is 44.4 Å². The third-order valence-electron chi connectivity index (χ3n) is 3.64. The summed E-state index contributed by atoms with van der Waals surface area (Å²) >= 11 is 0. The summed E-state index contributed by atoms with van der Waals surface area (Å²) in [5.74, 6) is 1.98. The first-order chi connectivity index (χ1) is 7.58. The number of rotatable bonds is 5. The Morgan fingerprint density at radius 3 is 2.19 bits per heavy atom. The van der Waals surface area contributed by atoms with Crippen LogP contribution < -0.4 is 0 Å². The van der Waals surface area contributed by atoms with Crippen molar-refractivity contribution in [2.45, 2.75) is 59.5 Å². The van der Waals surface area contributed by atoms with Crippen molar-refractivity contribution in [3.8, 4) is 0 Å². The maximum absolute atomic E-state index is 12.3. The molecule has 3 unspecified atom stereocenters. The summed E-state index contributed by atoms with van der Waals surface area (Å²) in [4.78, 5) is 12.3. The largest absolute Gasteiger partial charge is 0.371 e. The Bertz CT molecular complexity index is 215. The van der Waals surface area contributed by atoms with Crippen LogP contribution >= 0.6 is 0 Å². The van der Waals surface area contributed by atoms with Crippen molar-refractivity contribution >= 4 is 5.78 Å². The molecule has 0 aromatic carbocycles. The summed E-state index contributed by atoms with van der Waals surface area (Å²) in [5.41, 5.74) is 0. The van der Waals surface area contributed by atoms with Crippen molar-refractivity contribution in [3.05, 3.63) is 0 Å².